The molecule has 0 saturated heterocycles. The van der Waals surface area contributed by atoms with Gasteiger partial charge in [0, 0.05) is 24.1 Å². The third-order valence-corrected chi connectivity index (χ3v) is 5.78. The van der Waals surface area contributed by atoms with Crippen molar-refractivity contribution in [3.63, 3.8) is 0 Å². The van der Waals surface area contributed by atoms with Crippen LogP contribution in [0.3, 0.4) is 0 Å². The van der Waals surface area contributed by atoms with Crippen molar-refractivity contribution >= 4 is 40.0 Å². The van der Waals surface area contributed by atoms with Gasteiger partial charge in [-0.1, -0.05) is 0 Å². The Kier molecular flexibility index (Phi) is 11.1. The molecule has 3 rings (SSSR count). The van der Waals surface area contributed by atoms with Gasteiger partial charge >= 0.3 is 11.9 Å². The molecule has 0 saturated carbocycles. The summed E-state index contributed by atoms with van der Waals surface area (Å²) in [5.41, 5.74) is 0.583. The summed E-state index contributed by atoms with van der Waals surface area (Å²) >= 11 is 0.987. The number of carbonyl (C=O) groups excluding carboxylic acids is 3. The molecule has 0 spiro atoms. The van der Waals surface area contributed by atoms with Crippen molar-refractivity contribution in [1.29, 1.82) is 0 Å². The van der Waals surface area contributed by atoms with E-state index in [1.54, 1.807) is 7.11 Å². The maximum atomic E-state index is 13.9. The van der Waals surface area contributed by atoms with E-state index in [1.807, 2.05) is 0 Å². The van der Waals surface area contributed by atoms with Crippen LogP contribution < -0.4 is 0 Å². The minimum absolute atomic E-state index is 0.0142. The molecule has 0 radical (unpaired) electrons. The van der Waals surface area contributed by atoms with E-state index in [4.69, 9.17) is 23.7 Å². The van der Waals surface area contributed by atoms with Crippen molar-refractivity contribution in [2.24, 2.45) is 0 Å². The monoisotopic (exact) mass is 538 g/mol. The van der Waals surface area contributed by atoms with Crippen LogP contribution in [0, 0.1) is 5.82 Å². The van der Waals surface area contributed by atoms with Gasteiger partial charge in [0.1, 0.15) is 12.4 Å². The van der Waals surface area contributed by atoms with Gasteiger partial charge in [0.05, 0.1) is 57.8 Å². The Labute approximate surface area is 216 Å². The topological polar surface area (TPSA) is 124 Å². The van der Waals surface area contributed by atoms with Crippen LogP contribution in [-0.2, 0) is 39.9 Å². The summed E-state index contributed by atoms with van der Waals surface area (Å²) in [6.45, 7) is 1.71. The molecule has 0 aliphatic carbocycles. The van der Waals surface area contributed by atoms with Crippen LogP contribution in [0.25, 0.3) is 10.9 Å². The van der Waals surface area contributed by atoms with Crippen LogP contribution >= 0.6 is 11.3 Å². The van der Waals surface area contributed by atoms with Crippen LogP contribution in [0.4, 0.5) is 4.39 Å². The number of hydrogen-bond acceptors (Lipinski definition) is 11. The van der Waals surface area contributed by atoms with Gasteiger partial charge in [-0.3, -0.25) is 4.79 Å². The van der Waals surface area contributed by atoms with Crippen LogP contribution in [0.15, 0.2) is 29.8 Å². The molecule has 2 aromatic heterocycles. The summed E-state index contributed by atoms with van der Waals surface area (Å²) < 4.78 is 45.9. The summed E-state index contributed by atoms with van der Waals surface area (Å²) in [5.74, 6) is -2.29. The number of fused-ring (bicyclic) bond motifs is 1. The van der Waals surface area contributed by atoms with E-state index < -0.39 is 23.5 Å². The molecule has 0 amide bonds. The van der Waals surface area contributed by atoms with Crippen molar-refractivity contribution in [3.05, 3.63) is 51.9 Å². The molecule has 0 bridgehead atoms. The first-order valence-electron chi connectivity index (χ1n) is 11.2. The number of hydrogen-bond donors (Lipinski definition) is 0. The standard InChI is InChI=1S/C24H27FN2O9S/c1-31-5-6-33-7-8-34-9-10-35-13-21(28)36-15-27-12-18(17-4-3-16(25)11-20(17)27)22(29)23-26-19(14-37-23)24(30)32-2/h3-4,11-12,14H,5-10,13,15H2,1-2H3. The lowest BCUT2D eigenvalue weighted by molar-refractivity contribution is -0.153. The van der Waals surface area contributed by atoms with Gasteiger partial charge in [-0.15, -0.1) is 11.3 Å². The number of thiazole rings is 1. The summed E-state index contributed by atoms with van der Waals surface area (Å²) in [4.78, 5) is 40.9. The van der Waals surface area contributed by atoms with Crippen molar-refractivity contribution in [2.75, 3.05) is 60.5 Å². The van der Waals surface area contributed by atoms with Crippen LogP contribution in [0.1, 0.15) is 25.9 Å². The minimum Gasteiger partial charge on any atom is -0.464 e. The number of halogens is 1. The molecule has 0 N–H and O–H groups in total. The van der Waals surface area contributed by atoms with Gasteiger partial charge in [0.15, 0.2) is 17.4 Å². The lowest BCUT2D eigenvalue weighted by Crippen LogP contribution is -2.17. The van der Waals surface area contributed by atoms with E-state index in [2.05, 4.69) is 9.72 Å². The third kappa shape index (κ3) is 8.13. The maximum absolute atomic E-state index is 13.9. The smallest absolute Gasteiger partial charge is 0.357 e. The number of ketones is 1. The van der Waals surface area contributed by atoms with Gasteiger partial charge < -0.3 is 33.0 Å². The molecule has 11 nitrogen and oxygen atoms in total. The Morgan fingerprint density at radius 1 is 1.00 bits per heavy atom. The van der Waals surface area contributed by atoms with E-state index in [0.717, 1.165) is 11.3 Å². The Hall–Kier alpha value is -3.23. The molecule has 0 fully saturated rings. The highest BCUT2D eigenvalue weighted by atomic mass is 32.1. The maximum Gasteiger partial charge on any atom is 0.357 e. The van der Waals surface area contributed by atoms with Crippen molar-refractivity contribution in [3.8, 4) is 0 Å². The van der Waals surface area contributed by atoms with Gasteiger partial charge in [0.2, 0.25) is 5.78 Å². The normalized spacial score (nSPS) is 11.1. The van der Waals surface area contributed by atoms with E-state index in [0.29, 0.717) is 37.3 Å². The lowest BCUT2D eigenvalue weighted by Gasteiger charge is -2.08. The third-order valence-electron chi connectivity index (χ3n) is 4.94. The Morgan fingerprint density at radius 3 is 2.41 bits per heavy atom. The molecule has 0 atom stereocenters. The summed E-state index contributed by atoms with van der Waals surface area (Å²) in [5, 5.41) is 1.93. The van der Waals surface area contributed by atoms with Gasteiger partial charge in [-0.2, -0.15) is 0 Å². The fourth-order valence-electron chi connectivity index (χ4n) is 3.17. The number of benzene rings is 1. The Bertz CT molecular complexity index is 1210. The van der Waals surface area contributed by atoms with E-state index in [-0.39, 0.29) is 42.8 Å². The Morgan fingerprint density at radius 2 is 1.70 bits per heavy atom. The van der Waals surface area contributed by atoms with E-state index in [9.17, 15) is 18.8 Å². The molecule has 13 heteroatoms. The molecule has 0 aliphatic heterocycles. The molecular weight excluding hydrogens is 511 g/mol. The fourth-order valence-corrected chi connectivity index (χ4v) is 3.91. The second-order valence-corrected chi connectivity index (χ2v) is 8.31. The van der Waals surface area contributed by atoms with Crippen molar-refractivity contribution in [1.82, 2.24) is 9.55 Å². The van der Waals surface area contributed by atoms with Crippen LogP contribution in [0.5, 0.6) is 0 Å². The van der Waals surface area contributed by atoms with Gasteiger partial charge in [-0.25, -0.2) is 19.0 Å². The SMILES string of the molecule is COCCOCCOCCOCC(=O)OCn1cc(C(=O)c2nc(C(=O)OC)cs2)c2ccc(F)cc21. The molecular formula is C24H27FN2O9S. The average molecular weight is 539 g/mol. The zero-order chi connectivity index (χ0) is 26.6. The molecule has 0 aliphatic rings. The second kappa shape index (κ2) is 14.5. The first-order chi connectivity index (χ1) is 17.9. The number of ether oxygens (including phenoxy) is 6. The number of esters is 2. The molecule has 2 heterocycles. The predicted octanol–water partition coefficient (Wildman–Crippen LogP) is 2.45. The number of nitrogens with zero attached hydrogens (tertiary/aromatic N) is 2. The van der Waals surface area contributed by atoms with E-state index >= 15 is 0 Å². The molecule has 0 unspecified atom stereocenters. The number of rotatable bonds is 16. The van der Waals surface area contributed by atoms with Crippen molar-refractivity contribution < 1.29 is 47.2 Å². The highest BCUT2D eigenvalue weighted by Crippen LogP contribution is 2.26. The Balaban J connectivity index is 1.53. The molecule has 3 aromatic rings. The van der Waals surface area contributed by atoms with Crippen LogP contribution in [0.2, 0.25) is 0 Å². The largest absolute Gasteiger partial charge is 0.464 e. The van der Waals surface area contributed by atoms with Crippen LogP contribution in [-0.4, -0.2) is 87.7 Å². The zero-order valence-electron chi connectivity index (χ0n) is 20.4. The van der Waals surface area contributed by atoms with Gasteiger partial charge in [0.25, 0.3) is 0 Å². The average Bonchev–Trinajstić information content (AvgIpc) is 3.53. The number of methoxy groups -OCH3 is 2. The molecule has 37 heavy (non-hydrogen) atoms. The second-order valence-electron chi connectivity index (χ2n) is 7.45. The lowest BCUT2D eigenvalue weighted by atomic mass is 10.1. The minimum atomic E-state index is -0.660. The predicted molar refractivity (Wildman–Crippen MR) is 129 cm³/mol. The van der Waals surface area contributed by atoms with Gasteiger partial charge in [-0.05, 0) is 18.2 Å². The quantitative estimate of drug-likeness (QED) is 0.153. The van der Waals surface area contributed by atoms with E-state index in [1.165, 1.54) is 41.5 Å². The summed E-state index contributed by atoms with van der Waals surface area (Å²) in [7, 11) is 2.81. The highest BCUT2D eigenvalue weighted by molar-refractivity contribution is 7.12. The summed E-state index contributed by atoms with van der Waals surface area (Å²) in [6.07, 6.45) is 1.45. The van der Waals surface area contributed by atoms with Crippen molar-refractivity contribution in [2.45, 2.75) is 6.73 Å². The molecule has 1 aromatic carbocycles. The fraction of sp³-hybridized carbons (Fsp3) is 0.417. The summed E-state index contributed by atoms with van der Waals surface area (Å²) in [6, 6.07) is 3.91. The highest BCUT2D eigenvalue weighted by Gasteiger charge is 2.22. The number of carbonyl (C=O) groups is 3. The zero-order valence-corrected chi connectivity index (χ0v) is 21.2. The number of aromatic nitrogens is 2. The molecule has 200 valence electrons. The first-order valence-corrected chi connectivity index (χ1v) is 12.1. The first kappa shape index (κ1) is 28.3.